The summed E-state index contributed by atoms with van der Waals surface area (Å²) in [6.07, 6.45) is -3.12. The lowest BCUT2D eigenvalue weighted by Gasteiger charge is -2.15. The van der Waals surface area contributed by atoms with Crippen LogP contribution in [0.2, 0.25) is 0 Å². The van der Waals surface area contributed by atoms with Crippen LogP contribution in [0.3, 0.4) is 0 Å². The number of halogens is 3. The maximum atomic E-state index is 13.0. The molecular weight excluding hydrogens is 267 g/mol. The molecule has 20 heavy (non-hydrogen) atoms. The average molecular weight is 283 g/mol. The van der Waals surface area contributed by atoms with E-state index in [0.29, 0.717) is 12.0 Å². The van der Waals surface area contributed by atoms with E-state index < -0.39 is 11.9 Å². The quantitative estimate of drug-likeness (QED) is 0.826. The van der Waals surface area contributed by atoms with Crippen LogP contribution < -0.4 is 0 Å². The molecule has 1 aromatic heterocycles. The molecule has 108 valence electrons. The second kappa shape index (κ2) is 5.40. The Morgan fingerprint density at radius 2 is 1.90 bits per heavy atom. The van der Waals surface area contributed by atoms with Crippen LogP contribution >= 0.6 is 0 Å². The molecule has 0 amide bonds. The fourth-order valence-corrected chi connectivity index (χ4v) is 2.25. The number of benzene rings is 1. The lowest BCUT2D eigenvalue weighted by molar-refractivity contribution is -0.139. The van der Waals surface area contributed by atoms with Crippen LogP contribution in [0.25, 0.3) is 10.8 Å². The first-order chi connectivity index (χ1) is 9.34. The van der Waals surface area contributed by atoms with Crippen molar-refractivity contribution < 1.29 is 17.9 Å². The van der Waals surface area contributed by atoms with E-state index in [4.69, 9.17) is 4.74 Å². The molecule has 0 atom stereocenters. The first-order valence-corrected chi connectivity index (χ1v) is 6.32. The van der Waals surface area contributed by atoms with Crippen LogP contribution in [0, 0.1) is 0 Å². The standard InChI is InChI=1S/C15H16F3NO/c1-9(2)13-7-19-14(15(16,17)18)11-5-4-10(8-20-3)6-12(11)13/h4-7,9H,8H2,1-3H3. The monoisotopic (exact) mass is 283 g/mol. The Bertz CT molecular complexity index is 620. The van der Waals surface area contributed by atoms with Crippen molar-refractivity contribution in [3.05, 3.63) is 41.2 Å². The number of hydrogen-bond donors (Lipinski definition) is 0. The van der Waals surface area contributed by atoms with Gasteiger partial charge < -0.3 is 4.74 Å². The number of ether oxygens (including phenoxy) is 1. The number of hydrogen-bond acceptors (Lipinski definition) is 2. The number of alkyl halides is 3. The lowest BCUT2D eigenvalue weighted by Crippen LogP contribution is -2.10. The second-order valence-electron chi connectivity index (χ2n) is 5.03. The van der Waals surface area contributed by atoms with Gasteiger partial charge in [-0.1, -0.05) is 26.0 Å². The normalized spacial score (nSPS) is 12.3. The van der Waals surface area contributed by atoms with Gasteiger partial charge in [0, 0.05) is 18.7 Å². The van der Waals surface area contributed by atoms with Crippen molar-refractivity contribution in [2.75, 3.05) is 7.11 Å². The summed E-state index contributed by atoms with van der Waals surface area (Å²) in [4.78, 5) is 3.62. The Hall–Kier alpha value is -1.62. The Morgan fingerprint density at radius 1 is 1.20 bits per heavy atom. The summed E-state index contributed by atoms with van der Waals surface area (Å²) in [6, 6.07) is 4.88. The van der Waals surface area contributed by atoms with E-state index in [1.807, 2.05) is 13.8 Å². The van der Waals surface area contributed by atoms with E-state index in [2.05, 4.69) is 4.98 Å². The van der Waals surface area contributed by atoms with Crippen molar-refractivity contribution in [2.45, 2.75) is 32.5 Å². The topological polar surface area (TPSA) is 22.1 Å². The summed E-state index contributed by atoms with van der Waals surface area (Å²) in [6.45, 7) is 4.25. The predicted octanol–water partition coefficient (Wildman–Crippen LogP) is 4.52. The third kappa shape index (κ3) is 2.77. The molecule has 0 unspecified atom stereocenters. The van der Waals surface area contributed by atoms with Crippen LogP contribution in [-0.4, -0.2) is 12.1 Å². The lowest BCUT2D eigenvalue weighted by atomic mass is 9.95. The largest absolute Gasteiger partial charge is 0.433 e. The number of pyridine rings is 1. The van der Waals surface area contributed by atoms with Gasteiger partial charge in [0.15, 0.2) is 5.69 Å². The maximum absolute atomic E-state index is 13.0. The molecule has 0 spiro atoms. The van der Waals surface area contributed by atoms with Crippen molar-refractivity contribution in [3.63, 3.8) is 0 Å². The van der Waals surface area contributed by atoms with Gasteiger partial charge in [0.2, 0.25) is 0 Å². The van der Waals surface area contributed by atoms with Gasteiger partial charge in [-0.3, -0.25) is 4.98 Å². The smallest absolute Gasteiger partial charge is 0.380 e. The molecule has 0 bridgehead atoms. The van der Waals surface area contributed by atoms with Crippen LogP contribution in [0.4, 0.5) is 13.2 Å². The average Bonchev–Trinajstić information content (AvgIpc) is 2.36. The van der Waals surface area contributed by atoms with Crippen molar-refractivity contribution in [2.24, 2.45) is 0 Å². The molecule has 0 N–H and O–H groups in total. The van der Waals surface area contributed by atoms with E-state index >= 15 is 0 Å². The number of methoxy groups -OCH3 is 1. The van der Waals surface area contributed by atoms with E-state index in [9.17, 15) is 13.2 Å². The third-order valence-corrected chi connectivity index (χ3v) is 3.18. The van der Waals surface area contributed by atoms with Crippen LogP contribution in [0.15, 0.2) is 24.4 Å². The number of rotatable bonds is 3. The van der Waals surface area contributed by atoms with Crippen LogP contribution in [-0.2, 0) is 17.5 Å². The van der Waals surface area contributed by atoms with Crippen molar-refractivity contribution in [3.8, 4) is 0 Å². The molecule has 5 heteroatoms. The Labute approximate surface area is 115 Å². The molecular formula is C15H16F3NO. The zero-order chi connectivity index (χ0) is 14.9. The molecule has 2 aromatic rings. The van der Waals surface area contributed by atoms with E-state index in [-0.39, 0.29) is 11.3 Å². The SMILES string of the molecule is COCc1ccc2c(C(F)(F)F)ncc(C(C)C)c2c1. The fraction of sp³-hybridized carbons (Fsp3) is 0.400. The number of nitrogens with zero attached hydrogens (tertiary/aromatic N) is 1. The zero-order valence-corrected chi connectivity index (χ0v) is 11.6. The van der Waals surface area contributed by atoms with Crippen molar-refractivity contribution in [1.82, 2.24) is 4.98 Å². The fourth-order valence-electron chi connectivity index (χ4n) is 2.25. The first-order valence-electron chi connectivity index (χ1n) is 6.32. The Kier molecular flexibility index (Phi) is 3.99. The van der Waals surface area contributed by atoms with Crippen LogP contribution in [0.1, 0.15) is 36.6 Å². The number of fused-ring (bicyclic) bond motifs is 1. The first kappa shape index (κ1) is 14.8. The molecule has 1 heterocycles. The molecule has 0 aliphatic rings. The summed E-state index contributed by atoms with van der Waals surface area (Å²) in [5.41, 5.74) is 0.827. The highest BCUT2D eigenvalue weighted by molar-refractivity contribution is 5.88. The number of aromatic nitrogens is 1. The summed E-state index contributed by atoms with van der Waals surface area (Å²) in [7, 11) is 1.56. The minimum absolute atomic E-state index is 0.102. The minimum atomic E-state index is -4.45. The maximum Gasteiger partial charge on any atom is 0.433 e. The molecule has 0 saturated heterocycles. The van der Waals surface area contributed by atoms with Gasteiger partial charge >= 0.3 is 6.18 Å². The summed E-state index contributed by atoms with van der Waals surface area (Å²) < 4.78 is 44.1. The molecule has 0 saturated carbocycles. The third-order valence-electron chi connectivity index (χ3n) is 3.18. The minimum Gasteiger partial charge on any atom is -0.380 e. The Balaban J connectivity index is 2.74. The van der Waals surface area contributed by atoms with Gasteiger partial charge in [-0.15, -0.1) is 0 Å². The van der Waals surface area contributed by atoms with Gasteiger partial charge in [0.1, 0.15) is 0 Å². The molecule has 0 radical (unpaired) electrons. The summed E-state index contributed by atoms with van der Waals surface area (Å²) in [5.74, 6) is 0.102. The van der Waals surface area contributed by atoms with Crippen molar-refractivity contribution in [1.29, 1.82) is 0 Å². The summed E-state index contributed by atoms with van der Waals surface area (Å²) >= 11 is 0. The highest BCUT2D eigenvalue weighted by atomic mass is 19.4. The molecule has 0 aliphatic heterocycles. The predicted molar refractivity (Wildman–Crippen MR) is 71.5 cm³/mol. The molecule has 0 fully saturated rings. The molecule has 2 rings (SSSR count). The van der Waals surface area contributed by atoms with Crippen molar-refractivity contribution >= 4 is 10.8 Å². The molecule has 0 aliphatic carbocycles. The Morgan fingerprint density at radius 3 is 2.45 bits per heavy atom. The van der Waals surface area contributed by atoms with E-state index in [1.165, 1.54) is 12.3 Å². The van der Waals surface area contributed by atoms with Gasteiger partial charge in [-0.25, -0.2) is 0 Å². The summed E-state index contributed by atoms with van der Waals surface area (Å²) in [5, 5.41) is 0.737. The van der Waals surface area contributed by atoms with Gasteiger partial charge in [0.25, 0.3) is 0 Å². The van der Waals surface area contributed by atoms with E-state index in [0.717, 1.165) is 11.1 Å². The van der Waals surface area contributed by atoms with Gasteiger partial charge in [-0.2, -0.15) is 13.2 Å². The van der Waals surface area contributed by atoms with Gasteiger partial charge in [-0.05, 0) is 28.5 Å². The molecule has 2 nitrogen and oxygen atoms in total. The van der Waals surface area contributed by atoms with Gasteiger partial charge in [0.05, 0.1) is 6.61 Å². The van der Waals surface area contributed by atoms with E-state index in [1.54, 1.807) is 19.2 Å². The second-order valence-corrected chi connectivity index (χ2v) is 5.03. The van der Waals surface area contributed by atoms with Crippen LogP contribution in [0.5, 0.6) is 0 Å². The zero-order valence-electron chi connectivity index (χ0n) is 11.6. The molecule has 1 aromatic carbocycles. The highest BCUT2D eigenvalue weighted by Gasteiger charge is 2.35. The highest BCUT2D eigenvalue weighted by Crippen LogP contribution is 2.36.